The second-order valence-electron chi connectivity index (χ2n) is 8.19. The van der Waals surface area contributed by atoms with Gasteiger partial charge < -0.3 is 15.1 Å². The van der Waals surface area contributed by atoms with E-state index in [4.69, 9.17) is 16.6 Å². The molecule has 0 aliphatic carbocycles. The molecule has 1 fully saturated rings. The van der Waals surface area contributed by atoms with Crippen LogP contribution >= 0.6 is 22.9 Å². The van der Waals surface area contributed by atoms with E-state index in [1.165, 1.54) is 30.6 Å². The van der Waals surface area contributed by atoms with Crippen molar-refractivity contribution in [2.45, 2.75) is 33.1 Å². The highest BCUT2D eigenvalue weighted by Crippen LogP contribution is 2.33. The molecule has 1 aliphatic heterocycles. The van der Waals surface area contributed by atoms with Crippen molar-refractivity contribution in [3.8, 4) is 11.3 Å². The molecule has 3 aromatic rings. The summed E-state index contributed by atoms with van der Waals surface area (Å²) in [6.45, 7) is 9.84. The molecule has 4 rings (SSSR count). The molecular weight excluding hydrogens is 440 g/mol. The number of rotatable bonds is 9. The third-order valence-electron chi connectivity index (χ3n) is 6.12. The Morgan fingerprint density at radius 2 is 1.97 bits per heavy atom. The first-order chi connectivity index (χ1) is 15.6. The number of carbonyl (C=O) groups excluding carboxylic acids is 1. The van der Waals surface area contributed by atoms with Crippen LogP contribution in [0.3, 0.4) is 0 Å². The Kier molecular flexibility index (Phi) is 7.66. The molecule has 2 aromatic heterocycles. The number of likely N-dealkylation sites (tertiary alicyclic amines) is 1. The van der Waals surface area contributed by atoms with Crippen LogP contribution in [0.2, 0.25) is 5.02 Å². The summed E-state index contributed by atoms with van der Waals surface area (Å²) in [5.41, 5.74) is 4.41. The van der Waals surface area contributed by atoms with Crippen molar-refractivity contribution in [3.63, 3.8) is 0 Å². The van der Waals surface area contributed by atoms with Crippen LogP contribution in [0.4, 0.5) is 5.69 Å². The Bertz CT molecular complexity index is 1070. The van der Waals surface area contributed by atoms with Crippen molar-refractivity contribution in [1.82, 2.24) is 14.8 Å². The Morgan fingerprint density at radius 1 is 1.19 bits per heavy atom. The van der Waals surface area contributed by atoms with Gasteiger partial charge >= 0.3 is 0 Å². The fourth-order valence-corrected chi connectivity index (χ4v) is 5.38. The van der Waals surface area contributed by atoms with Crippen molar-refractivity contribution in [3.05, 3.63) is 46.3 Å². The maximum atomic E-state index is 12.7. The molecule has 0 bridgehead atoms. The number of amides is 1. The molecule has 32 heavy (non-hydrogen) atoms. The first-order valence-corrected chi connectivity index (χ1v) is 12.8. The topological polar surface area (TPSA) is 48.5 Å². The number of fused-ring (bicyclic) bond motifs is 1. The predicted molar refractivity (Wildman–Crippen MR) is 136 cm³/mol. The lowest BCUT2D eigenvalue weighted by molar-refractivity contribution is 0.0773. The van der Waals surface area contributed by atoms with E-state index in [0.717, 1.165) is 42.0 Å². The van der Waals surface area contributed by atoms with E-state index in [2.05, 4.69) is 27.7 Å². The number of anilines is 1. The Labute approximate surface area is 199 Å². The molecule has 1 aromatic carbocycles. The third-order valence-corrected chi connectivity index (χ3v) is 7.37. The van der Waals surface area contributed by atoms with Gasteiger partial charge in [-0.2, -0.15) is 0 Å². The molecule has 0 spiro atoms. The highest BCUT2D eigenvalue weighted by Gasteiger charge is 2.17. The van der Waals surface area contributed by atoms with E-state index in [-0.39, 0.29) is 5.91 Å². The fourth-order valence-electron chi connectivity index (χ4n) is 4.30. The van der Waals surface area contributed by atoms with Crippen molar-refractivity contribution < 1.29 is 4.79 Å². The van der Waals surface area contributed by atoms with Crippen LogP contribution in [0.1, 0.15) is 43.5 Å². The number of benzene rings is 1. The molecule has 7 heteroatoms. The van der Waals surface area contributed by atoms with Crippen molar-refractivity contribution in [2.24, 2.45) is 0 Å². The second kappa shape index (κ2) is 10.6. The number of pyridine rings is 1. The van der Waals surface area contributed by atoms with E-state index in [9.17, 15) is 4.79 Å². The SMILES string of the molecule is CCN(CC)C(=O)c1ccc(-c2cc(NCCCN3CCCC3)c3sccc3n2)cc1Cl. The number of carbonyl (C=O) groups is 1. The Hall–Kier alpha value is -2.15. The summed E-state index contributed by atoms with van der Waals surface area (Å²) in [6, 6.07) is 9.78. The van der Waals surface area contributed by atoms with Crippen LogP contribution in [0.15, 0.2) is 35.7 Å². The van der Waals surface area contributed by atoms with Crippen LogP contribution in [-0.2, 0) is 0 Å². The Balaban J connectivity index is 1.53. The molecule has 3 heterocycles. The first kappa shape index (κ1) is 23.0. The van der Waals surface area contributed by atoms with Gasteiger partial charge in [0.15, 0.2) is 0 Å². The number of halogens is 1. The highest BCUT2D eigenvalue weighted by molar-refractivity contribution is 7.17. The van der Waals surface area contributed by atoms with Gasteiger partial charge in [-0.3, -0.25) is 4.79 Å². The predicted octanol–water partition coefficient (Wildman–Crippen LogP) is 6.00. The molecule has 1 amide bonds. The van der Waals surface area contributed by atoms with E-state index >= 15 is 0 Å². The molecule has 0 unspecified atom stereocenters. The smallest absolute Gasteiger partial charge is 0.255 e. The fraction of sp³-hybridized carbons (Fsp3) is 0.440. The van der Waals surface area contributed by atoms with E-state index in [0.29, 0.717) is 23.7 Å². The standard InChI is InChI=1S/C25H31ClN4OS/c1-3-30(4-2)25(31)19-9-8-18(16-20(19)26)22-17-23(24-21(28-22)10-15-32-24)27-11-7-14-29-12-5-6-13-29/h8-10,15-17H,3-7,11-14H2,1-2H3,(H,27,28). The van der Waals surface area contributed by atoms with Crippen molar-refractivity contribution in [1.29, 1.82) is 0 Å². The number of hydrogen-bond donors (Lipinski definition) is 1. The Morgan fingerprint density at radius 3 is 2.69 bits per heavy atom. The van der Waals surface area contributed by atoms with Gasteiger partial charge in [-0.25, -0.2) is 4.98 Å². The summed E-state index contributed by atoms with van der Waals surface area (Å²) < 4.78 is 1.18. The van der Waals surface area contributed by atoms with E-state index in [1.807, 2.05) is 32.0 Å². The van der Waals surface area contributed by atoms with Crippen LogP contribution in [0, 0.1) is 0 Å². The van der Waals surface area contributed by atoms with Crippen molar-refractivity contribution >= 4 is 44.7 Å². The summed E-state index contributed by atoms with van der Waals surface area (Å²) in [4.78, 5) is 21.9. The molecule has 0 atom stereocenters. The number of thiophene rings is 1. The van der Waals surface area contributed by atoms with E-state index < -0.39 is 0 Å². The average molecular weight is 471 g/mol. The molecular formula is C25H31ClN4OS. The highest BCUT2D eigenvalue weighted by atomic mass is 35.5. The van der Waals surface area contributed by atoms with Gasteiger partial charge in [0.2, 0.25) is 0 Å². The molecule has 170 valence electrons. The number of hydrogen-bond acceptors (Lipinski definition) is 5. The van der Waals surface area contributed by atoms with Crippen LogP contribution in [0.25, 0.3) is 21.5 Å². The maximum Gasteiger partial charge on any atom is 0.255 e. The zero-order valence-electron chi connectivity index (χ0n) is 18.9. The number of aromatic nitrogens is 1. The van der Waals surface area contributed by atoms with Gasteiger partial charge in [0, 0.05) is 25.2 Å². The lowest BCUT2D eigenvalue weighted by Crippen LogP contribution is -2.30. The second-order valence-corrected chi connectivity index (χ2v) is 9.51. The van der Waals surface area contributed by atoms with Crippen LogP contribution in [0.5, 0.6) is 0 Å². The van der Waals surface area contributed by atoms with Crippen LogP contribution in [-0.4, -0.2) is 60.0 Å². The van der Waals surface area contributed by atoms with E-state index in [1.54, 1.807) is 16.2 Å². The monoisotopic (exact) mass is 470 g/mol. The van der Waals surface area contributed by atoms with Gasteiger partial charge in [0.25, 0.3) is 5.91 Å². The van der Waals surface area contributed by atoms with Gasteiger partial charge in [0.1, 0.15) is 0 Å². The molecule has 1 aliphatic rings. The van der Waals surface area contributed by atoms with Gasteiger partial charge in [0.05, 0.1) is 32.2 Å². The number of nitrogens with zero attached hydrogens (tertiary/aromatic N) is 3. The van der Waals surface area contributed by atoms with Gasteiger partial charge in [-0.1, -0.05) is 17.7 Å². The summed E-state index contributed by atoms with van der Waals surface area (Å²) in [6.07, 6.45) is 3.79. The molecule has 0 radical (unpaired) electrons. The average Bonchev–Trinajstić information content (AvgIpc) is 3.49. The first-order valence-electron chi connectivity index (χ1n) is 11.5. The lowest BCUT2D eigenvalue weighted by Gasteiger charge is -2.19. The van der Waals surface area contributed by atoms with Gasteiger partial charge in [-0.15, -0.1) is 11.3 Å². The normalized spacial score (nSPS) is 14.2. The molecule has 1 N–H and O–H groups in total. The lowest BCUT2D eigenvalue weighted by atomic mass is 10.1. The maximum absolute atomic E-state index is 12.7. The quantitative estimate of drug-likeness (QED) is 0.390. The zero-order valence-corrected chi connectivity index (χ0v) is 20.4. The minimum atomic E-state index is -0.0341. The third kappa shape index (κ3) is 5.08. The summed E-state index contributed by atoms with van der Waals surface area (Å²) in [5.74, 6) is -0.0341. The number of nitrogens with one attached hydrogen (secondary N) is 1. The summed E-state index contributed by atoms with van der Waals surface area (Å²) >= 11 is 8.25. The van der Waals surface area contributed by atoms with Gasteiger partial charge in [-0.05, 0) is 82.4 Å². The van der Waals surface area contributed by atoms with Crippen molar-refractivity contribution in [2.75, 3.05) is 44.6 Å². The molecule has 0 saturated carbocycles. The summed E-state index contributed by atoms with van der Waals surface area (Å²) in [5, 5.41) is 6.18. The largest absolute Gasteiger partial charge is 0.384 e. The zero-order chi connectivity index (χ0) is 22.5. The van der Waals surface area contributed by atoms with Crippen LogP contribution < -0.4 is 5.32 Å². The molecule has 5 nitrogen and oxygen atoms in total. The molecule has 1 saturated heterocycles. The minimum absolute atomic E-state index is 0.0341. The minimum Gasteiger partial charge on any atom is -0.384 e. The summed E-state index contributed by atoms with van der Waals surface area (Å²) in [7, 11) is 0.